The van der Waals surface area contributed by atoms with Gasteiger partial charge in [-0.25, -0.2) is 0 Å². The van der Waals surface area contributed by atoms with Crippen molar-refractivity contribution in [2.75, 3.05) is 31.0 Å². The minimum absolute atomic E-state index is 0.207. The van der Waals surface area contributed by atoms with Crippen LogP contribution in [0.15, 0.2) is 18.2 Å². The minimum atomic E-state index is -0.207. The molecule has 16 heavy (non-hydrogen) atoms. The third-order valence-electron chi connectivity index (χ3n) is 2.57. The zero-order valence-corrected chi connectivity index (χ0v) is 9.99. The van der Waals surface area contributed by atoms with Gasteiger partial charge < -0.3 is 20.1 Å². The number of methoxy groups -OCH3 is 1. The molecule has 1 aliphatic heterocycles. The molecule has 0 aromatic heterocycles. The van der Waals surface area contributed by atoms with Crippen molar-refractivity contribution in [1.29, 1.82) is 0 Å². The Bertz CT molecular complexity index is 391. The van der Waals surface area contributed by atoms with Crippen molar-refractivity contribution < 1.29 is 9.47 Å². The van der Waals surface area contributed by atoms with Crippen LogP contribution in [0.4, 0.5) is 11.4 Å². The normalized spacial score (nSPS) is 17.8. The summed E-state index contributed by atoms with van der Waals surface area (Å²) in [7, 11) is 1.69. The maximum atomic E-state index is 5.90. The predicted octanol–water partition coefficient (Wildman–Crippen LogP) is 1.85. The van der Waals surface area contributed by atoms with Gasteiger partial charge in [0.05, 0.1) is 12.2 Å². The number of hydrogen-bond donors (Lipinski definition) is 1. The second-order valence-corrected chi connectivity index (χ2v) is 4.70. The summed E-state index contributed by atoms with van der Waals surface area (Å²) in [5.74, 6) is 0.863. The van der Waals surface area contributed by atoms with E-state index < -0.39 is 0 Å². The molecule has 2 N–H and O–H groups in total. The summed E-state index contributed by atoms with van der Waals surface area (Å²) in [4.78, 5) is 2.13. The predicted molar refractivity (Wildman–Crippen MR) is 64.8 cm³/mol. The van der Waals surface area contributed by atoms with Crippen LogP contribution in [0, 0.1) is 0 Å². The number of hydrogen-bond acceptors (Lipinski definition) is 4. The van der Waals surface area contributed by atoms with Crippen molar-refractivity contribution in [2.45, 2.75) is 19.4 Å². The first kappa shape index (κ1) is 11.1. The molecule has 1 heterocycles. The first-order chi connectivity index (χ1) is 7.52. The molecule has 1 aromatic rings. The highest BCUT2D eigenvalue weighted by Gasteiger charge is 2.31. The molecule has 0 atom stereocenters. The average molecular weight is 222 g/mol. The highest BCUT2D eigenvalue weighted by atomic mass is 16.5. The molecule has 0 unspecified atom stereocenters. The van der Waals surface area contributed by atoms with Gasteiger partial charge in [-0.15, -0.1) is 0 Å². The van der Waals surface area contributed by atoms with Gasteiger partial charge in [-0.1, -0.05) is 0 Å². The number of ether oxygens (including phenoxy) is 2. The summed E-state index contributed by atoms with van der Waals surface area (Å²) < 4.78 is 11.1. The van der Waals surface area contributed by atoms with Gasteiger partial charge >= 0.3 is 0 Å². The van der Waals surface area contributed by atoms with Crippen molar-refractivity contribution in [2.24, 2.45) is 0 Å². The van der Waals surface area contributed by atoms with E-state index in [1.807, 2.05) is 18.2 Å². The molecule has 2 rings (SSSR count). The summed E-state index contributed by atoms with van der Waals surface area (Å²) in [6, 6.07) is 5.68. The lowest BCUT2D eigenvalue weighted by Gasteiger charge is -2.40. The Kier molecular flexibility index (Phi) is 2.68. The second-order valence-electron chi connectivity index (χ2n) is 4.70. The summed E-state index contributed by atoms with van der Waals surface area (Å²) in [5.41, 5.74) is 7.32. The Morgan fingerprint density at radius 1 is 1.50 bits per heavy atom. The van der Waals surface area contributed by atoms with Gasteiger partial charge in [0.25, 0.3) is 0 Å². The topological polar surface area (TPSA) is 47.7 Å². The van der Waals surface area contributed by atoms with Gasteiger partial charge in [-0.3, -0.25) is 0 Å². The molecule has 1 aromatic carbocycles. The van der Waals surface area contributed by atoms with Crippen LogP contribution in [-0.2, 0) is 4.74 Å². The van der Waals surface area contributed by atoms with E-state index in [-0.39, 0.29) is 5.60 Å². The highest BCUT2D eigenvalue weighted by Crippen LogP contribution is 2.37. The summed E-state index contributed by atoms with van der Waals surface area (Å²) in [5, 5.41) is 0. The molecule has 88 valence electrons. The van der Waals surface area contributed by atoms with Gasteiger partial charge in [-0.2, -0.15) is 0 Å². The number of nitrogens with zero attached hydrogens (tertiary/aromatic N) is 1. The third kappa shape index (κ3) is 2.07. The van der Waals surface area contributed by atoms with Gasteiger partial charge in [0.15, 0.2) is 0 Å². The van der Waals surface area contributed by atoms with Crippen LogP contribution in [0.2, 0.25) is 0 Å². The van der Waals surface area contributed by atoms with E-state index in [0.29, 0.717) is 6.73 Å². The van der Waals surface area contributed by atoms with E-state index in [1.54, 1.807) is 7.11 Å². The van der Waals surface area contributed by atoms with Crippen LogP contribution in [0.3, 0.4) is 0 Å². The maximum absolute atomic E-state index is 5.90. The van der Waals surface area contributed by atoms with Crippen LogP contribution < -0.4 is 15.4 Å². The molecule has 0 radical (unpaired) electrons. The van der Waals surface area contributed by atoms with Crippen molar-refractivity contribution in [1.82, 2.24) is 0 Å². The van der Waals surface area contributed by atoms with E-state index in [1.165, 1.54) is 0 Å². The molecule has 0 amide bonds. The molecule has 4 heteroatoms. The number of nitrogens with two attached hydrogens (primary N) is 1. The Morgan fingerprint density at radius 3 is 2.94 bits per heavy atom. The molecule has 1 aliphatic rings. The molecule has 0 aliphatic carbocycles. The fourth-order valence-electron chi connectivity index (χ4n) is 2.01. The molecular weight excluding hydrogens is 204 g/mol. The molecule has 0 bridgehead atoms. The van der Waals surface area contributed by atoms with Crippen molar-refractivity contribution in [3.63, 3.8) is 0 Å². The zero-order chi connectivity index (χ0) is 11.8. The lowest BCUT2D eigenvalue weighted by molar-refractivity contribution is 0.0891. The Morgan fingerprint density at radius 2 is 2.25 bits per heavy atom. The van der Waals surface area contributed by atoms with Gasteiger partial charge in [0.2, 0.25) is 0 Å². The number of benzene rings is 1. The van der Waals surface area contributed by atoms with Crippen LogP contribution in [0.25, 0.3) is 0 Å². The van der Waals surface area contributed by atoms with Crippen LogP contribution >= 0.6 is 0 Å². The van der Waals surface area contributed by atoms with E-state index in [0.717, 1.165) is 23.7 Å². The van der Waals surface area contributed by atoms with Crippen molar-refractivity contribution in [3.05, 3.63) is 18.2 Å². The first-order valence-electron chi connectivity index (χ1n) is 5.34. The number of rotatable bonds is 2. The van der Waals surface area contributed by atoms with Crippen molar-refractivity contribution in [3.8, 4) is 5.75 Å². The van der Waals surface area contributed by atoms with Gasteiger partial charge in [0.1, 0.15) is 18.1 Å². The fraction of sp³-hybridized carbons (Fsp3) is 0.500. The molecule has 4 nitrogen and oxygen atoms in total. The van der Waals surface area contributed by atoms with Crippen LogP contribution in [0.5, 0.6) is 5.75 Å². The van der Waals surface area contributed by atoms with Crippen LogP contribution in [-0.4, -0.2) is 26.0 Å². The average Bonchev–Trinajstić information content (AvgIpc) is 2.18. The van der Waals surface area contributed by atoms with Gasteiger partial charge in [0, 0.05) is 12.8 Å². The monoisotopic (exact) mass is 222 g/mol. The molecule has 0 fully saturated rings. The smallest absolute Gasteiger partial charge is 0.143 e. The summed E-state index contributed by atoms with van der Waals surface area (Å²) in [6.07, 6.45) is 0. The van der Waals surface area contributed by atoms with E-state index in [4.69, 9.17) is 15.2 Å². The standard InChI is InChI=1S/C12H18N2O2/c1-12(2)7-14(8-15-3)10-6-9(13)4-5-11(10)16-12/h4-6H,7-8,13H2,1-3H3. The Labute approximate surface area is 95.9 Å². The Balaban J connectivity index is 2.39. The molecule has 0 spiro atoms. The number of nitrogen functional groups attached to an aromatic ring is 1. The number of anilines is 2. The maximum Gasteiger partial charge on any atom is 0.143 e. The SMILES string of the molecule is COCN1CC(C)(C)Oc2ccc(N)cc21. The molecular formula is C12H18N2O2. The van der Waals surface area contributed by atoms with Crippen LogP contribution in [0.1, 0.15) is 13.8 Å². The van der Waals surface area contributed by atoms with E-state index in [2.05, 4.69) is 18.7 Å². The largest absolute Gasteiger partial charge is 0.484 e. The number of fused-ring (bicyclic) bond motifs is 1. The third-order valence-corrected chi connectivity index (χ3v) is 2.57. The lowest BCUT2D eigenvalue weighted by atomic mass is 10.1. The van der Waals surface area contributed by atoms with E-state index in [9.17, 15) is 0 Å². The second kappa shape index (κ2) is 3.87. The summed E-state index contributed by atoms with van der Waals surface area (Å²) >= 11 is 0. The molecule has 0 saturated heterocycles. The zero-order valence-electron chi connectivity index (χ0n) is 9.99. The summed E-state index contributed by atoms with van der Waals surface area (Å²) in [6.45, 7) is 5.46. The van der Waals surface area contributed by atoms with Gasteiger partial charge in [-0.05, 0) is 32.0 Å². The lowest BCUT2D eigenvalue weighted by Crippen LogP contribution is -2.47. The first-order valence-corrected chi connectivity index (χ1v) is 5.34. The van der Waals surface area contributed by atoms with Crippen molar-refractivity contribution >= 4 is 11.4 Å². The highest BCUT2D eigenvalue weighted by molar-refractivity contribution is 5.66. The minimum Gasteiger partial charge on any atom is -0.484 e. The quantitative estimate of drug-likeness (QED) is 0.776. The fourth-order valence-corrected chi connectivity index (χ4v) is 2.01. The molecule has 0 saturated carbocycles. The van der Waals surface area contributed by atoms with E-state index >= 15 is 0 Å². The Hall–Kier alpha value is -1.42.